The van der Waals surface area contributed by atoms with Crippen LogP contribution in [0.5, 0.6) is 0 Å². The first kappa shape index (κ1) is 17.1. The number of carbonyl (C=O) groups is 1. The number of amides is 1. The Balaban J connectivity index is 2.15. The van der Waals surface area contributed by atoms with Gasteiger partial charge in [0, 0.05) is 19.6 Å². The zero-order valence-electron chi connectivity index (χ0n) is 11.9. The second kappa shape index (κ2) is 6.44. The molecule has 122 valence electrons. The van der Waals surface area contributed by atoms with E-state index in [-0.39, 0.29) is 24.2 Å². The van der Waals surface area contributed by atoms with E-state index in [0.717, 1.165) is 6.07 Å². The Bertz CT molecular complexity index is 566. The first-order valence-corrected chi connectivity index (χ1v) is 7.07. The van der Waals surface area contributed by atoms with Crippen LogP contribution in [0.4, 0.5) is 13.2 Å². The van der Waals surface area contributed by atoms with Gasteiger partial charge in [0.2, 0.25) is 5.91 Å². The quantitative estimate of drug-likeness (QED) is 0.922. The monoisotopic (exact) mass is 336 g/mol. The summed E-state index contributed by atoms with van der Waals surface area (Å²) < 4.78 is 44.0. The third kappa shape index (κ3) is 4.12. The molecule has 2 atom stereocenters. The van der Waals surface area contributed by atoms with Gasteiger partial charge in [-0.05, 0) is 24.6 Å². The fourth-order valence-electron chi connectivity index (χ4n) is 2.47. The molecule has 1 aliphatic rings. The zero-order valence-corrected chi connectivity index (χ0v) is 12.6. The van der Waals surface area contributed by atoms with Crippen LogP contribution in [0.25, 0.3) is 0 Å². The maximum atomic E-state index is 12.9. The number of alkyl halides is 3. The van der Waals surface area contributed by atoms with Crippen molar-refractivity contribution in [3.63, 3.8) is 0 Å². The van der Waals surface area contributed by atoms with Gasteiger partial charge in [-0.25, -0.2) is 0 Å². The molecule has 0 radical (unpaired) electrons. The number of primary amides is 1. The van der Waals surface area contributed by atoms with Crippen molar-refractivity contribution in [1.82, 2.24) is 4.90 Å². The Morgan fingerprint density at radius 1 is 1.45 bits per heavy atom. The van der Waals surface area contributed by atoms with Crippen molar-refractivity contribution in [2.24, 2.45) is 5.73 Å². The molecule has 2 rings (SSSR count). The summed E-state index contributed by atoms with van der Waals surface area (Å²) in [5.41, 5.74) is 4.83. The number of nitrogens with zero attached hydrogens (tertiary/aromatic N) is 1. The number of hydrogen-bond donors (Lipinski definition) is 1. The molecule has 4 nitrogen and oxygen atoms in total. The molecule has 1 aromatic rings. The standard InChI is InChI=1S/C14H16ClF3N2O2/c1-8-5-20(7-12(22-8)13(19)21)6-9-2-3-11(15)10(4-9)14(16,17)18/h2-4,8,12H,5-7H2,1H3,(H2,19,21)/t8-,12+/m1/s1. The van der Waals surface area contributed by atoms with Gasteiger partial charge in [0.1, 0.15) is 6.10 Å². The van der Waals surface area contributed by atoms with Crippen LogP contribution >= 0.6 is 11.6 Å². The molecule has 0 unspecified atom stereocenters. The van der Waals surface area contributed by atoms with Gasteiger partial charge in [0.05, 0.1) is 16.7 Å². The van der Waals surface area contributed by atoms with Crippen LogP contribution in [0.1, 0.15) is 18.1 Å². The van der Waals surface area contributed by atoms with Gasteiger partial charge >= 0.3 is 6.18 Å². The maximum Gasteiger partial charge on any atom is 0.417 e. The Morgan fingerprint density at radius 2 is 2.14 bits per heavy atom. The van der Waals surface area contributed by atoms with E-state index in [1.807, 2.05) is 4.90 Å². The van der Waals surface area contributed by atoms with E-state index in [9.17, 15) is 18.0 Å². The van der Waals surface area contributed by atoms with Crippen LogP contribution in [-0.4, -0.2) is 36.1 Å². The number of morpholine rings is 1. The van der Waals surface area contributed by atoms with Gasteiger partial charge in [0.25, 0.3) is 0 Å². The molecule has 22 heavy (non-hydrogen) atoms. The molecular weight excluding hydrogens is 321 g/mol. The minimum atomic E-state index is -4.50. The number of rotatable bonds is 3. The highest BCUT2D eigenvalue weighted by molar-refractivity contribution is 6.31. The topological polar surface area (TPSA) is 55.6 Å². The predicted molar refractivity (Wildman–Crippen MR) is 75.3 cm³/mol. The van der Waals surface area contributed by atoms with E-state index in [1.54, 1.807) is 6.92 Å². The van der Waals surface area contributed by atoms with Crippen molar-refractivity contribution < 1.29 is 22.7 Å². The summed E-state index contributed by atoms with van der Waals surface area (Å²) in [7, 11) is 0. The number of nitrogens with two attached hydrogens (primary N) is 1. The third-order valence-electron chi connectivity index (χ3n) is 3.40. The van der Waals surface area contributed by atoms with Crippen LogP contribution in [0, 0.1) is 0 Å². The molecular formula is C14H16ClF3N2O2. The van der Waals surface area contributed by atoms with Gasteiger partial charge in [-0.3, -0.25) is 9.69 Å². The highest BCUT2D eigenvalue weighted by atomic mass is 35.5. The first-order valence-electron chi connectivity index (χ1n) is 6.69. The van der Waals surface area contributed by atoms with Crippen molar-refractivity contribution in [1.29, 1.82) is 0 Å². The largest absolute Gasteiger partial charge is 0.417 e. The number of hydrogen-bond acceptors (Lipinski definition) is 3. The summed E-state index contributed by atoms with van der Waals surface area (Å²) in [6.45, 7) is 2.81. The average Bonchev–Trinajstić information content (AvgIpc) is 2.39. The molecule has 1 aliphatic heterocycles. The minimum Gasteiger partial charge on any atom is -0.367 e. The molecule has 1 heterocycles. The second-order valence-corrected chi connectivity index (χ2v) is 5.75. The highest BCUT2D eigenvalue weighted by Crippen LogP contribution is 2.35. The van der Waals surface area contributed by atoms with Gasteiger partial charge in [-0.15, -0.1) is 0 Å². The van der Waals surface area contributed by atoms with Crippen LogP contribution in [0.2, 0.25) is 5.02 Å². The van der Waals surface area contributed by atoms with Crippen molar-refractivity contribution in [2.75, 3.05) is 13.1 Å². The van der Waals surface area contributed by atoms with Gasteiger partial charge in [-0.2, -0.15) is 13.2 Å². The Labute approximate surface area is 131 Å². The fourth-order valence-corrected chi connectivity index (χ4v) is 2.70. The highest BCUT2D eigenvalue weighted by Gasteiger charge is 2.34. The summed E-state index contributed by atoms with van der Waals surface area (Å²) >= 11 is 5.60. The predicted octanol–water partition coefficient (Wildman–Crippen LogP) is 2.43. The molecule has 0 spiro atoms. The van der Waals surface area contributed by atoms with Crippen molar-refractivity contribution in [3.05, 3.63) is 34.3 Å². The van der Waals surface area contributed by atoms with E-state index in [4.69, 9.17) is 22.1 Å². The third-order valence-corrected chi connectivity index (χ3v) is 3.73. The molecule has 0 bridgehead atoms. The lowest BCUT2D eigenvalue weighted by Crippen LogP contribution is -2.51. The summed E-state index contributed by atoms with van der Waals surface area (Å²) in [6, 6.07) is 3.80. The van der Waals surface area contributed by atoms with Crippen LogP contribution in [0.15, 0.2) is 18.2 Å². The molecule has 1 amide bonds. The molecule has 8 heteroatoms. The van der Waals surface area contributed by atoms with Crippen molar-refractivity contribution in [2.45, 2.75) is 31.9 Å². The summed E-state index contributed by atoms with van der Waals surface area (Å²) in [6.07, 6.45) is -5.47. The average molecular weight is 337 g/mol. The molecule has 0 aliphatic carbocycles. The Morgan fingerprint density at radius 3 is 2.73 bits per heavy atom. The van der Waals surface area contributed by atoms with E-state index in [2.05, 4.69) is 0 Å². The molecule has 1 fully saturated rings. The summed E-state index contributed by atoms with van der Waals surface area (Å²) in [5.74, 6) is -0.580. The fraction of sp³-hybridized carbons (Fsp3) is 0.500. The lowest BCUT2D eigenvalue weighted by Gasteiger charge is -2.35. The summed E-state index contributed by atoms with van der Waals surface area (Å²) in [4.78, 5) is 13.1. The van der Waals surface area contributed by atoms with Crippen molar-refractivity contribution >= 4 is 17.5 Å². The minimum absolute atomic E-state index is 0.222. The van der Waals surface area contributed by atoms with E-state index < -0.39 is 23.8 Å². The first-order chi connectivity index (χ1) is 10.2. The number of benzene rings is 1. The summed E-state index contributed by atoms with van der Waals surface area (Å²) in [5, 5.41) is -0.332. The SMILES string of the molecule is C[C@@H]1CN(Cc2ccc(Cl)c(C(F)(F)F)c2)C[C@@H](C(N)=O)O1. The molecule has 1 saturated heterocycles. The number of halogens is 4. The maximum absolute atomic E-state index is 12.9. The van der Waals surface area contributed by atoms with Gasteiger partial charge in [-0.1, -0.05) is 17.7 Å². The number of ether oxygens (including phenoxy) is 1. The van der Waals surface area contributed by atoms with E-state index >= 15 is 0 Å². The second-order valence-electron chi connectivity index (χ2n) is 5.34. The van der Waals surface area contributed by atoms with Crippen LogP contribution in [0.3, 0.4) is 0 Å². The van der Waals surface area contributed by atoms with Crippen molar-refractivity contribution in [3.8, 4) is 0 Å². The lowest BCUT2D eigenvalue weighted by molar-refractivity contribution is -0.142. The van der Waals surface area contributed by atoms with Crippen LogP contribution < -0.4 is 5.73 Å². The van der Waals surface area contributed by atoms with E-state index in [0.29, 0.717) is 12.1 Å². The molecule has 1 aromatic carbocycles. The zero-order chi connectivity index (χ0) is 16.5. The molecule has 0 aromatic heterocycles. The van der Waals surface area contributed by atoms with Gasteiger partial charge in [0.15, 0.2) is 0 Å². The number of carbonyl (C=O) groups excluding carboxylic acids is 1. The lowest BCUT2D eigenvalue weighted by atomic mass is 10.1. The Kier molecular flexibility index (Phi) is 4.99. The Hall–Kier alpha value is -1.31. The normalized spacial score (nSPS) is 23.5. The van der Waals surface area contributed by atoms with Crippen LogP contribution in [-0.2, 0) is 22.3 Å². The smallest absolute Gasteiger partial charge is 0.367 e. The molecule has 0 saturated carbocycles. The van der Waals surface area contributed by atoms with Gasteiger partial charge < -0.3 is 10.5 Å². The molecule has 2 N–H and O–H groups in total. The van der Waals surface area contributed by atoms with E-state index in [1.165, 1.54) is 12.1 Å².